The Labute approximate surface area is 80.3 Å². The minimum atomic E-state index is 0.718. The average molecular weight is 195 g/mol. The van der Waals surface area contributed by atoms with Gasteiger partial charge in [0.1, 0.15) is 6.26 Å². The number of nitrogens with zero attached hydrogens (tertiary/aromatic N) is 1. The molecule has 0 radical (unpaired) electrons. The summed E-state index contributed by atoms with van der Waals surface area (Å²) in [7, 11) is 0. The van der Waals surface area contributed by atoms with Crippen LogP contribution in [0, 0.1) is 0 Å². The fourth-order valence-corrected chi connectivity index (χ4v) is 1.09. The lowest BCUT2D eigenvalue weighted by atomic mass is 10.3. The maximum atomic E-state index is 5.73. The molecule has 0 bridgehead atoms. The van der Waals surface area contributed by atoms with Crippen LogP contribution in [-0.2, 0) is 0 Å². The molecule has 0 atom stereocenters. The van der Waals surface area contributed by atoms with Crippen LogP contribution in [0.2, 0.25) is 5.02 Å². The normalized spacial score (nSPS) is 9.92. The molecule has 13 heavy (non-hydrogen) atoms. The highest BCUT2D eigenvalue weighted by Crippen LogP contribution is 2.17. The lowest BCUT2D eigenvalue weighted by Gasteiger charge is -2.01. The minimum absolute atomic E-state index is 0.718. The molecule has 1 heterocycles. The molecule has 1 aromatic carbocycles. The van der Waals surface area contributed by atoms with Crippen LogP contribution in [0.5, 0.6) is 0 Å². The highest BCUT2D eigenvalue weighted by Gasteiger charge is 1.95. The van der Waals surface area contributed by atoms with Gasteiger partial charge in [0.25, 0.3) is 0 Å². The monoisotopic (exact) mass is 194 g/mol. The van der Waals surface area contributed by atoms with Gasteiger partial charge in [0.15, 0.2) is 0 Å². The van der Waals surface area contributed by atoms with E-state index in [2.05, 4.69) is 15.0 Å². The van der Waals surface area contributed by atoms with Crippen LogP contribution >= 0.6 is 11.6 Å². The van der Waals surface area contributed by atoms with Crippen molar-refractivity contribution < 1.29 is 4.52 Å². The number of benzene rings is 1. The van der Waals surface area contributed by atoms with E-state index in [1.54, 1.807) is 6.20 Å². The Bertz CT molecular complexity index is 369. The molecule has 0 saturated carbocycles. The standard InChI is InChI=1S/C9H7ClN2O/c10-7-1-3-8(4-2-7)12-9-5-11-13-6-9/h1-6,12H. The first kappa shape index (κ1) is 8.13. The molecule has 0 spiro atoms. The van der Waals surface area contributed by atoms with Crippen molar-refractivity contribution in [1.82, 2.24) is 5.16 Å². The van der Waals surface area contributed by atoms with Crippen molar-refractivity contribution in [3.8, 4) is 0 Å². The van der Waals surface area contributed by atoms with Gasteiger partial charge < -0.3 is 9.84 Å². The minimum Gasteiger partial charge on any atom is -0.363 e. The number of aromatic nitrogens is 1. The van der Waals surface area contributed by atoms with E-state index in [0.29, 0.717) is 0 Å². The van der Waals surface area contributed by atoms with Crippen LogP contribution in [0.4, 0.5) is 11.4 Å². The summed E-state index contributed by atoms with van der Waals surface area (Å²) in [6, 6.07) is 7.40. The fourth-order valence-electron chi connectivity index (χ4n) is 0.966. The van der Waals surface area contributed by atoms with Crippen molar-refractivity contribution in [1.29, 1.82) is 0 Å². The number of rotatable bonds is 2. The molecule has 3 nitrogen and oxygen atoms in total. The Morgan fingerprint density at radius 1 is 1.15 bits per heavy atom. The summed E-state index contributed by atoms with van der Waals surface area (Å²) >= 11 is 5.73. The van der Waals surface area contributed by atoms with Crippen LogP contribution in [0.1, 0.15) is 0 Å². The molecule has 2 aromatic rings. The van der Waals surface area contributed by atoms with E-state index < -0.39 is 0 Å². The van der Waals surface area contributed by atoms with Gasteiger partial charge in [-0.1, -0.05) is 16.8 Å². The number of halogens is 1. The zero-order valence-corrected chi connectivity index (χ0v) is 7.45. The molecular weight excluding hydrogens is 188 g/mol. The molecular formula is C9H7ClN2O. The fraction of sp³-hybridized carbons (Fsp3) is 0. The summed E-state index contributed by atoms with van der Waals surface area (Å²) in [5.74, 6) is 0. The molecule has 0 aliphatic heterocycles. The van der Waals surface area contributed by atoms with Gasteiger partial charge in [-0.15, -0.1) is 0 Å². The van der Waals surface area contributed by atoms with Gasteiger partial charge in [-0.2, -0.15) is 0 Å². The summed E-state index contributed by atoms with van der Waals surface area (Å²) in [4.78, 5) is 0. The third-order valence-corrected chi connectivity index (χ3v) is 1.82. The molecule has 66 valence electrons. The van der Waals surface area contributed by atoms with Crippen molar-refractivity contribution in [3.05, 3.63) is 41.7 Å². The van der Waals surface area contributed by atoms with Crippen LogP contribution in [0.3, 0.4) is 0 Å². The number of anilines is 2. The van der Waals surface area contributed by atoms with Crippen molar-refractivity contribution >= 4 is 23.0 Å². The van der Waals surface area contributed by atoms with E-state index >= 15 is 0 Å². The van der Waals surface area contributed by atoms with Crippen LogP contribution in [0.15, 0.2) is 41.2 Å². The van der Waals surface area contributed by atoms with E-state index in [1.807, 2.05) is 24.3 Å². The second-order valence-electron chi connectivity index (χ2n) is 2.55. The second kappa shape index (κ2) is 3.49. The lowest BCUT2D eigenvalue weighted by Crippen LogP contribution is -1.86. The molecule has 1 aromatic heterocycles. The molecule has 0 aliphatic rings. The molecule has 1 N–H and O–H groups in total. The number of nitrogens with one attached hydrogen (secondary N) is 1. The van der Waals surface area contributed by atoms with E-state index in [4.69, 9.17) is 11.6 Å². The topological polar surface area (TPSA) is 38.1 Å². The molecule has 0 saturated heterocycles. The first-order valence-corrected chi connectivity index (χ1v) is 4.14. The number of hydrogen-bond acceptors (Lipinski definition) is 3. The van der Waals surface area contributed by atoms with Crippen LogP contribution in [0.25, 0.3) is 0 Å². The maximum absolute atomic E-state index is 5.73. The Hall–Kier alpha value is -1.48. The van der Waals surface area contributed by atoms with E-state index in [1.165, 1.54) is 6.26 Å². The van der Waals surface area contributed by atoms with E-state index in [0.717, 1.165) is 16.4 Å². The van der Waals surface area contributed by atoms with Gasteiger partial charge in [-0.25, -0.2) is 0 Å². The summed E-state index contributed by atoms with van der Waals surface area (Å²) in [6.07, 6.45) is 3.14. The second-order valence-corrected chi connectivity index (χ2v) is 2.98. The van der Waals surface area contributed by atoms with Crippen molar-refractivity contribution in [2.75, 3.05) is 5.32 Å². The molecule has 0 amide bonds. The highest BCUT2D eigenvalue weighted by atomic mass is 35.5. The summed E-state index contributed by atoms with van der Waals surface area (Å²) in [5, 5.41) is 7.39. The third-order valence-electron chi connectivity index (χ3n) is 1.57. The van der Waals surface area contributed by atoms with Gasteiger partial charge >= 0.3 is 0 Å². The van der Waals surface area contributed by atoms with Gasteiger partial charge in [-0.3, -0.25) is 0 Å². The van der Waals surface area contributed by atoms with Gasteiger partial charge in [0.2, 0.25) is 0 Å². The molecule has 2 rings (SSSR count). The quantitative estimate of drug-likeness (QED) is 0.799. The van der Waals surface area contributed by atoms with Crippen molar-refractivity contribution in [2.24, 2.45) is 0 Å². The van der Waals surface area contributed by atoms with Gasteiger partial charge in [0.05, 0.1) is 11.9 Å². The largest absolute Gasteiger partial charge is 0.363 e. The first-order chi connectivity index (χ1) is 6.34. The summed E-state index contributed by atoms with van der Waals surface area (Å²) in [5.41, 5.74) is 1.77. The Morgan fingerprint density at radius 3 is 2.54 bits per heavy atom. The smallest absolute Gasteiger partial charge is 0.147 e. The van der Waals surface area contributed by atoms with Crippen molar-refractivity contribution in [2.45, 2.75) is 0 Å². The maximum Gasteiger partial charge on any atom is 0.147 e. The predicted molar refractivity (Wildman–Crippen MR) is 51.2 cm³/mol. The molecule has 0 aliphatic carbocycles. The zero-order chi connectivity index (χ0) is 9.10. The summed E-state index contributed by atoms with van der Waals surface area (Å²) in [6.45, 7) is 0. The van der Waals surface area contributed by atoms with Crippen molar-refractivity contribution in [3.63, 3.8) is 0 Å². The molecule has 4 heteroatoms. The van der Waals surface area contributed by atoms with Gasteiger partial charge in [0, 0.05) is 10.7 Å². The third kappa shape index (κ3) is 2.00. The van der Waals surface area contributed by atoms with Gasteiger partial charge in [-0.05, 0) is 24.3 Å². The van der Waals surface area contributed by atoms with Crippen LogP contribution in [-0.4, -0.2) is 5.16 Å². The lowest BCUT2D eigenvalue weighted by molar-refractivity contribution is 0.420. The average Bonchev–Trinajstić information content (AvgIpc) is 2.62. The Morgan fingerprint density at radius 2 is 1.92 bits per heavy atom. The number of hydrogen-bond donors (Lipinski definition) is 1. The summed E-state index contributed by atoms with van der Waals surface area (Å²) < 4.78 is 4.67. The highest BCUT2D eigenvalue weighted by molar-refractivity contribution is 6.30. The Kier molecular flexibility index (Phi) is 2.19. The zero-order valence-electron chi connectivity index (χ0n) is 6.70. The van der Waals surface area contributed by atoms with E-state index in [9.17, 15) is 0 Å². The Balaban J connectivity index is 2.15. The molecule has 0 unspecified atom stereocenters. The predicted octanol–water partition coefficient (Wildman–Crippen LogP) is 3.07. The van der Waals surface area contributed by atoms with Crippen LogP contribution < -0.4 is 5.32 Å². The molecule has 0 fully saturated rings. The SMILES string of the molecule is Clc1ccc(Nc2cnoc2)cc1. The first-order valence-electron chi connectivity index (χ1n) is 3.76. The van der Waals surface area contributed by atoms with E-state index in [-0.39, 0.29) is 0 Å².